The number of thiophene rings is 1. The summed E-state index contributed by atoms with van der Waals surface area (Å²) < 4.78 is 32.0. The third kappa shape index (κ3) is 5.27. The van der Waals surface area contributed by atoms with Gasteiger partial charge in [-0.25, -0.2) is 0 Å². The van der Waals surface area contributed by atoms with Gasteiger partial charge in [0.2, 0.25) is 0 Å². The molecule has 0 atom stereocenters. The summed E-state index contributed by atoms with van der Waals surface area (Å²) >= 11 is 6.87. The molecule has 0 saturated carbocycles. The quantitative estimate of drug-likeness (QED) is 0.407. The molecule has 1 heterocycles. The molecule has 1 aromatic heterocycles. The Morgan fingerprint density at radius 2 is 1.64 bits per heavy atom. The molecule has 142 valence electrons. The fourth-order valence-corrected chi connectivity index (χ4v) is 4.46. The molecule has 1 N–H and O–H groups in total. The van der Waals surface area contributed by atoms with E-state index in [1.807, 2.05) is 12.1 Å². The maximum absolute atomic E-state index is 12.0. The Labute approximate surface area is 172 Å². The highest BCUT2D eigenvalue weighted by Gasteiger charge is 2.18. The molecule has 0 bridgehead atoms. The van der Waals surface area contributed by atoms with Crippen LogP contribution in [-0.2, 0) is 14.9 Å². The summed E-state index contributed by atoms with van der Waals surface area (Å²) in [5.41, 5.74) is 2.74. The van der Waals surface area contributed by atoms with Crippen LogP contribution in [0.15, 0.2) is 76.3 Å². The second-order valence-corrected chi connectivity index (χ2v) is 8.81. The molecular formula is C21H15ClO4S2. The SMILES string of the molecule is O=C(/C=C/c1ccc(-c2ccsc2S(=O)(=O)O)cc1)/C=C/c1cccc(Cl)c1. The Bertz CT molecular complexity index is 1160. The van der Waals surface area contributed by atoms with E-state index in [0.717, 1.165) is 22.5 Å². The topological polar surface area (TPSA) is 71.4 Å². The predicted molar refractivity (Wildman–Crippen MR) is 114 cm³/mol. The molecule has 0 spiro atoms. The number of hydrogen-bond acceptors (Lipinski definition) is 4. The van der Waals surface area contributed by atoms with E-state index in [0.29, 0.717) is 16.1 Å². The lowest BCUT2D eigenvalue weighted by Crippen LogP contribution is -1.96. The zero-order valence-corrected chi connectivity index (χ0v) is 16.8. The van der Waals surface area contributed by atoms with Crippen molar-refractivity contribution in [1.29, 1.82) is 0 Å². The third-order valence-corrected chi connectivity index (χ3v) is 6.36. The van der Waals surface area contributed by atoms with E-state index in [1.54, 1.807) is 60.0 Å². The Kier molecular flexibility index (Phi) is 6.26. The molecule has 0 radical (unpaired) electrons. The number of rotatable bonds is 6. The van der Waals surface area contributed by atoms with Gasteiger partial charge in [-0.1, -0.05) is 60.2 Å². The zero-order valence-electron chi connectivity index (χ0n) is 14.4. The number of allylic oxidation sites excluding steroid dienone is 2. The van der Waals surface area contributed by atoms with Crippen molar-refractivity contribution in [2.24, 2.45) is 0 Å². The van der Waals surface area contributed by atoms with E-state index in [-0.39, 0.29) is 9.99 Å². The lowest BCUT2D eigenvalue weighted by atomic mass is 10.1. The molecule has 3 rings (SSSR count). The van der Waals surface area contributed by atoms with Crippen molar-refractivity contribution in [2.75, 3.05) is 0 Å². The van der Waals surface area contributed by atoms with Crippen molar-refractivity contribution in [1.82, 2.24) is 0 Å². The van der Waals surface area contributed by atoms with Crippen LogP contribution in [0.3, 0.4) is 0 Å². The average molecular weight is 431 g/mol. The molecule has 28 heavy (non-hydrogen) atoms. The van der Waals surface area contributed by atoms with Gasteiger partial charge in [-0.2, -0.15) is 8.42 Å². The second-order valence-electron chi connectivity index (χ2n) is 5.84. The van der Waals surface area contributed by atoms with Crippen LogP contribution in [-0.4, -0.2) is 18.8 Å². The summed E-state index contributed by atoms with van der Waals surface area (Å²) in [7, 11) is -4.26. The van der Waals surface area contributed by atoms with E-state index < -0.39 is 10.1 Å². The van der Waals surface area contributed by atoms with Crippen molar-refractivity contribution < 1.29 is 17.8 Å². The Balaban J connectivity index is 1.71. The summed E-state index contributed by atoms with van der Waals surface area (Å²) in [6.07, 6.45) is 6.27. The Hall–Kier alpha value is -2.51. The summed E-state index contributed by atoms with van der Waals surface area (Å²) in [5, 5.41) is 2.21. The van der Waals surface area contributed by atoms with Crippen LogP contribution in [0.25, 0.3) is 23.3 Å². The van der Waals surface area contributed by atoms with Gasteiger partial charge in [-0.05, 0) is 52.4 Å². The molecule has 2 aromatic carbocycles. The zero-order chi connectivity index (χ0) is 20.1. The van der Waals surface area contributed by atoms with Crippen LogP contribution in [0, 0.1) is 0 Å². The minimum absolute atomic E-state index is 0.0860. The van der Waals surface area contributed by atoms with Crippen LogP contribution >= 0.6 is 22.9 Å². The molecule has 3 aromatic rings. The molecule has 0 aliphatic carbocycles. The molecule has 7 heteroatoms. The van der Waals surface area contributed by atoms with Crippen LogP contribution in [0.1, 0.15) is 11.1 Å². The highest BCUT2D eigenvalue weighted by molar-refractivity contribution is 7.88. The normalized spacial score (nSPS) is 12.1. The van der Waals surface area contributed by atoms with Gasteiger partial charge >= 0.3 is 10.1 Å². The Morgan fingerprint density at radius 1 is 0.964 bits per heavy atom. The van der Waals surface area contributed by atoms with Crippen molar-refractivity contribution in [2.45, 2.75) is 4.21 Å². The maximum atomic E-state index is 12.0. The van der Waals surface area contributed by atoms with Gasteiger partial charge < -0.3 is 0 Å². The highest BCUT2D eigenvalue weighted by atomic mass is 35.5. The highest BCUT2D eigenvalue weighted by Crippen LogP contribution is 2.32. The number of carbonyl (C=O) groups excluding carboxylic acids is 1. The summed E-state index contributed by atoms with van der Waals surface area (Å²) in [6.45, 7) is 0. The van der Waals surface area contributed by atoms with Crippen molar-refractivity contribution in [3.63, 3.8) is 0 Å². The van der Waals surface area contributed by atoms with Gasteiger partial charge in [0.1, 0.15) is 0 Å². The van der Waals surface area contributed by atoms with E-state index >= 15 is 0 Å². The van der Waals surface area contributed by atoms with Gasteiger partial charge in [0.05, 0.1) is 0 Å². The first kappa shape index (κ1) is 20.2. The first-order valence-corrected chi connectivity index (χ1v) is 10.8. The molecule has 0 saturated heterocycles. The number of halogens is 1. The lowest BCUT2D eigenvalue weighted by molar-refractivity contribution is -0.110. The van der Waals surface area contributed by atoms with E-state index in [4.69, 9.17) is 11.6 Å². The van der Waals surface area contributed by atoms with E-state index in [2.05, 4.69) is 0 Å². The van der Waals surface area contributed by atoms with Gasteiger partial charge in [-0.15, -0.1) is 11.3 Å². The smallest absolute Gasteiger partial charge is 0.290 e. The molecule has 0 aliphatic rings. The average Bonchev–Trinajstić information content (AvgIpc) is 3.15. The summed E-state index contributed by atoms with van der Waals surface area (Å²) in [5.74, 6) is -0.171. The van der Waals surface area contributed by atoms with Crippen molar-refractivity contribution in [3.05, 3.63) is 88.3 Å². The number of carbonyl (C=O) groups is 1. The van der Waals surface area contributed by atoms with Crippen LogP contribution < -0.4 is 0 Å². The fraction of sp³-hybridized carbons (Fsp3) is 0. The predicted octanol–water partition coefficient (Wildman–Crippen LogP) is 5.61. The van der Waals surface area contributed by atoms with Crippen LogP contribution in [0.5, 0.6) is 0 Å². The molecule has 4 nitrogen and oxygen atoms in total. The van der Waals surface area contributed by atoms with E-state index in [1.165, 1.54) is 12.2 Å². The molecule has 0 aliphatic heterocycles. The molecular weight excluding hydrogens is 416 g/mol. The number of ketones is 1. The largest absolute Gasteiger partial charge is 0.304 e. The molecule has 0 fully saturated rings. The minimum atomic E-state index is -4.26. The first-order chi connectivity index (χ1) is 13.3. The van der Waals surface area contributed by atoms with Crippen LogP contribution in [0.4, 0.5) is 0 Å². The number of hydrogen-bond donors (Lipinski definition) is 1. The molecule has 0 unspecified atom stereocenters. The first-order valence-electron chi connectivity index (χ1n) is 8.14. The van der Waals surface area contributed by atoms with Crippen LogP contribution in [0.2, 0.25) is 5.02 Å². The van der Waals surface area contributed by atoms with Crippen molar-refractivity contribution >= 4 is 51.0 Å². The lowest BCUT2D eigenvalue weighted by Gasteiger charge is -2.02. The monoisotopic (exact) mass is 430 g/mol. The summed E-state index contributed by atoms with van der Waals surface area (Å²) in [4.78, 5) is 12.0. The van der Waals surface area contributed by atoms with E-state index in [9.17, 15) is 17.8 Å². The fourth-order valence-electron chi connectivity index (χ4n) is 2.51. The van der Waals surface area contributed by atoms with Gasteiger partial charge in [0.15, 0.2) is 9.99 Å². The molecule has 0 amide bonds. The Morgan fingerprint density at radius 3 is 2.29 bits per heavy atom. The third-order valence-electron chi connectivity index (χ3n) is 3.81. The minimum Gasteiger partial charge on any atom is -0.290 e. The maximum Gasteiger partial charge on any atom is 0.304 e. The standard InChI is InChI=1S/C21H15ClO4S2/c22-18-3-1-2-16(14-18)7-11-19(23)10-6-15-4-8-17(9-5-15)20-12-13-27-21(20)28(24,25)26/h1-14H,(H,24,25,26)/b10-6+,11-7+. The van der Waals surface area contributed by atoms with Gasteiger partial charge in [0.25, 0.3) is 0 Å². The number of benzene rings is 2. The summed E-state index contributed by atoms with van der Waals surface area (Å²) in [6, 6.07) is 15.8. The van der Waals surface area contributed by atoms with Gasteiger partial charge in [-0.3, -0.25) is 9.35 Å². The van der Waals surface area contributed by atoms with Gasteiger partial charge in [0, 0.05) is 10.6 Å². The van der Waals surface area contributed by atoms with Crippen molar-refractivity contribution in [3.8, 4) is 11.1 Å². The second kappa shape index (κ2) is 8.67.